The first-order chi connectivity index (χ1) is 10.7. The summed E-state index contributed by atoms with van der Waals surface area (Å²) in [4.78, 5) is 12.2. The monoisotopic (exact) mass is 291 g/mol. The van der Waals surface area contributed by atoms with Crippen LogP contribution in [0.15, 0.2) is 60.7 Å². The fourth-order valence-electron chi connectivity index (χ4n) is 2.84. The highest BCUT2D eigenvalue weighted by Crippen LogP contribution is 2.36. The van der Waals surface area contributed by atoms with E-state index in [0.29, 0.717) is 11.3 Å². The predicted octanol–water partition coefficient (Wildman–Crippen LogP) is 3.83. The maximum Gasteiger partial charge on any atom is 0.340 e. The van der Waals surface area contributed by atoms with Crippen LogP contribution in [0.1, 0.15) is 22.1 Å². The molecule has 0 saturated carbocycles. The molecule has 4 nitrogen and oxygen atoms in total. The molecule has 1 unspecified atom stereocenters. The Morgan fingerprint density at radius 1 is 0.955 bits per heavy atom. The van der Waals surface area contributed by atoms with Crippen LogP contribution >= 0.6 is 0 Å². The SMILES string of the molecule is O=C1OC(Nc2ccccc2O)c2cccc3cccc1c23. The van der Waals surface area contributed by atoms with Crippen molar-refractivity contribution >= 4 is 22.4 Å². The van der Waals surface area contributed by atoms with Crippen molar-refractivity contribution < 1.29 is 14.6 Å². The van der Waals surface area contributed by atoms with E-state index in [1.165, 1.54) is 0 Å². The van der Waals surface area contributed by atoms with E-state index in [-0.39, 0.29) is 11.7 Å². The second kappa shape index (κ2) is 4.77. The van der Waals surface area contributed by atoms with E-state index in [1.54, 1.807) is 30.3 Å². The van der Waals surface area contributed by atoms with Gasteiger partial charge in [0.05, 0.1) is 11.3 Å². The average Bonchev–Trinajstić information content (AvgIpc) is 2.54. The number of nitrogens with one attached hydrogen (secondary N) is 1. The van der Waals surface area contributed by atoms with E-state index in [1.807, 2.05) is 30.3 Å². The van der Waals surface area contributed by atoms with Gasteiger partial charge in [-0.05, 0) is 23.6 Å². The lowest BCUT2D eigenvalue weighted by Crippen LogP contribution is -2.23. The number of anilines is 1. The third-order valence-corrected chi connectivity index (χ3v) is 3.85. The molecule has 108 valence electrons. The molecule has 0 amide bonds. The fraction of sp³-hybridized carbons (Fsp3) is 0.0556. The second-order valence-corrected chi connectivity index (χ2v) is 5.20. The van der Waals surface area contributed by atoms with Gasteiger partial charge in [-0.1, -0.05) is 42.5 Å². The first kappa shape index (κ1) is 12.7. The van der Waals surface area contributed by atoms with E-state index in [0.717, 1.165) is 16.3 Å². The van der Waals surface area contributed by atoms with Crippen LogP contribution < -0.4 is 5.32 Å². The molecule has 0 aliphatic carbocycles. The molecular formula is C18H13NO3. The summed E-state index contributed by atoms with van der Waals surface area (Å²) in [6.07, 6.45) is -0.626. The summed E-state index contributed by atoms with van der Waals surface area (Å²) in [7, 11) is 0. The average molecular weight is 291 g/mol. The summed E-state index contributed by atoms with van der Waals surface area (Å²) in [5.74, 6) is -0.248. The number of rotatable bonds is 2. The maximum absolute atomic E-state index is 12.2. The van der Waals surface area contributed by atoms with Crippen LogP contribution in [0.4, 0.5) is 5.69 Å². The van der Waals surface area contributed by atoms with Gasteiger partial charge in [-0.25, -0.2) is 4.79 Å². The number of ether oxygens (including phenoxy) is 1. The Balaban J connectivity index is 1.85. The molecule has 1 aliphatic heterocycles. The summed E-state index contributed by atoms with van der Waals surface area (Å²) >= 11 is 0. The molecule has 4 rings (SSSR count). The number of carbonyl (C=O) groups is 1. The van der Waals surface area contributed by atoms with Gasteiger partial charge in [0.15, 0.2) is 0 Å². The Kier molecular flexibility index (Phi) is 2.76. The third-order valence-electron chi connectivity index (χ3n) is 3.85. The molecule has 1 aliphatic rings. The first-order valence-electron chi connectivity index (χ1n) is 7.01. The van der Waals surface area contributed by atoms with Crippen molar-refractivity contribution in [2.45, 2.75) is 6.23 Å². The van der Waals surface area contributed by atoms with E-state index < -0.39 is 6.23 Å². The number of para-hydroxylation sites is 2. The van der Waals surface area contributed by atoms with Crippen LogP contribution in [0.5, 0.6) is 5.75 Å². The van der Waals surface area contributed by atoms with Crippen LogP contribution in [-0.4, -0.2) is 11.1 Å². The summed E-state index contributed by atoms with van der Waals surface area (Å²) in [6, 6.07) is 18.3. The minimum absolute atomic E-state index is 0.115. The van der Waals surface area contributed by atoms with Crippen LogP contribution in [0.25, 0.3) is 10.8 Å². The molecule has 1 atom stereocenters. The first-order valence-corrected chi connectivity index (χ1v) is 7.01. The van der Waals surface area contributed by atoms with Gasteiger partial charge in [0, 0.05) is 10.9 Å². The molecule has 3 aromatic rings. The molecular weight excluding hydrogens is 278 g/mol. The molecule has 0 radical (unpaired) electrons. The largest absolute Gasteiger partial charge is 0.506 e. The molecule has 0 spiro atoms. The van der Waals surface area contributed by atoms with Crippen molar-refractivity contribution in [3.63, 3.8) is 0 Å². The van der Waals surface area contributed by atoms with Crippen LogP contribution in [0.3, 0.4) is 0 Å². The van der Waals surface area contributed by atoms with E-state index >= 15 is 0 Å². The number of carbonyl (C=O) groups excluding carboxylic acids is 1. The van der Waals surface area contributed by atoms with Crippen LogP contribution in [0.2, 0.25) is 0 Å². The number of cyclic esters (lactones) is 1. The van der Waals surface area contributed by atoms with E-state index in [9.17, 15) is 9.90 Å². The molecule has 22 heavy (non-hydrogen) atoms. The van der Waals surface area contributed by atoms with Crippen LogP contribution in [0, 0.1) is 0 Å². The number of hydrogen-bond acceptors (Lipinski definition) is 4. The van der Waals surface area contributed by atoms with Crippen molar-refractivity contribution in [3.8, 4) is 5.75 Å². The normalized spacial score (nSPS) is 16.4. The number of aromatic hydroxyl groups is 1. The molecule has 3 aromatic carbocycles. The van der Waals surface area contributed by atoms with Crippen molar-refractivity contribution in [1.29, 1.82) is 0 Å². The fourth-order valence-corrected chi connectivity index (χ4v) is 2.84. The predicted molar refractivity (Wildman–Crippen MR) is 83.8 cm³/mol. The van der Waals surface area contributed by atoms with Crippen molar-refractivity contribution in [3.05, 3.63) is 71.8 Å². The van der Waals surface area contributed by atoms with Gasteiger partial charge in [0.1, 0.15) is 5.75 Å². The van der Waals surface area contributed by atoms with Gasteiger partial charge < -0.3 is 15.2 Å². The Morgan fingerprint density at radius 3 is 2.55 bits per heavy atom. The Hall–Kier alpha value is -3.01. The standard InChI is InChI=1S/C18H13NO3/c20-15-10-2-1-9-14(15)19-17-12-7-3-5-11-6-4-8-13(16(11)12)18(21)22-17/h1-10,17,19-20H. The lowest BCUT2D eigenvalue weighted by atomic mass is 9.96. The van der Waals surface area contributed by atoms with Crippen LogP contribution in [-0.2, 0) is 4.74 Å². The topological polar surface area (TPSA) is 58.6 Å². The van der Waals surface area contributed by atoms with Gasteiger partial charge in [0.25, 0.3) is 0 Å². The zero-order valence-corrected chi connectivity index (χ0v) is 11.6. The van der Waals surface area contributed by atoms with Gasteiger partial charge in [-0.3, -0.25) is 0 Å². The zero-order chi connectivity index (χ0) is 15.1. The minimum atomic E-state index is -0.626. The number of phenols is 1. The van der Waals surface area contributed by atoms with Gasteiger partial charge in [-0.2, -0.15) is 0 Å². The van der Waals surface area contributed by atoms with Gasteiger partial charge >= 0.3 is 5.97 Å². The maximum atomic E-state index is 12.2. The van der Waals surface area contributed by atoms with Crippen molar-refractivity contribution in [2.75, 3.05) is 5.32 Å². The minimum Gasteiger partial charge on any atom is -0.506 e. The van der Waals surface area contributed by atoms with E-state index in [4.69, 9.17) is 4.74 Å². The summed E-state index contributed by atoms with van der Waals surface area (Å²) < 4.78 is 5.50. The Morgan fingerprint density at radius 2 is 1.73 bits per heavy atom. The number of benzene rings is 3. The molecule has 0 bridgehead atoms. The summed E-state index contributed by atoms with van der Waals surface area (Å²) in [6.45, 7) is 0. The van der Waals surface area contributed by atoms with Gasteiger partial charge in [-0.15, -0.1) is 0 Å². The number of phenolic OH excluding ortho intramolecular Hbond substituents is 1. The van der Waals surface area contributed by atoms with Crippen molar-refractivity contribution in [2.24, 2.45) is 0 Å². The highest BCUT2D eigenvalue weighted by molar-refractivity contribution is 6.07. The Labute approximate surface area is 127 Å². The molecule has 0 fully saturated rings. The smallest absolute Gasteiger partial charge is 0.340 e. The van der Waals surface area contributed by atoms with Gasteiger partial charge in [0.2, 0.25) is 6.23 Å². The lowest BCUT2D eigenvalue weighted by molar-refractivity contribution is 0.0343. The lowest BCUT2D eigenvalue weighted by Gasteiger charge is -2.27. The second-order valence-electron chi connectivity index (χ2n) is 5.20. The molecule has 4 heteroatoms. The highest BCUT2D eigenvalue weighted by atomic mass is 16.6. The van der Waals surface area contributed by atoms with Crippen molar-refractivity contribution in [1.82, 2.24) is 0 Å². The zero-order valence-electron chi connectivity index (χ0n) is 11.6. The molecule has 2 N–H and O–H groups in total. The number of esters is 1. The quantitative estimate of drug-likeness (QED) is 0.556. The Bertz CT molecular complexity index is 883. The molecule has 1 heterocycles. The molecule has 0 saturated heterocycles. The number of hydrogen-bond donors (Lipinski definition) is 2. The highest BCUT2D eigenvalue weighted by Gasteiger charge is 2.28. The third kappa shape index (κ3) is 1.89. The summed E-state index contributed by atoms with van der Waals surface area (Å²) in [5.41, 5.74) is 1.98. The van der Waals surface area contributed by atoms with E-state index in [2.05, 4.69) is 5.32 Å². The molecule has 0 aromatic heterocycles. The summed E-state index contributed by atoms with van der Waals surface area (Å²) in [5, 5.41) is 14.9.